The average Bonchev–Trinajstić information content (AvgIpc) is 2.37. The van der Waals surface area contributed by atoms with E-state index in [0.717, 1.165) is 6.04 Å². The zero-order chi connectivity index (χ0) is 8.27. The highest BCUT2D eigenvalue weighted by Crippen LogP contribution is 2.20. The molecule has 62 valence electrons. The highest BCUT2D eigenvalue weighted by Gasteiger charge is 2.21. The van der Waals surface area contributed by atoms with Crippen LogP contribution in [0, 0.1) is 18.3 Å². The second kappa shape index (κ2) is 3.78. The molecule has 0 aromatic rings. The number of hydrogen-bond acceptors (Lipinski definition) is 1. The Morgan fingerprint density at radius 2 is 2.45 bits per heavy atom. The van der Waals surface area contributed by atoms with Gasteiger partial charge in [-0.1, -0.05) is 6.92 Å². The number of terminal acetylenes is 1. The van der Waals surface area contributed by atoms with Crippen LogP contribution < -0.4 is 0 Å². The van der Waals surface area contributed by atoms with Gasteiger partial charge in [-0.3, -0.25) is 0 Å². The molecule has 1 aliphatic rings. The maximum Gasteiger partial charge on any atom is 0.0186 e. The topological polar surface area (TPSA) is 3.24 Å². The summed E-state index contributed by atoms with van der Waals surface area (Å²) in [6, 6.07) is 0.751. The van der Waals surface area contributed by atoms with Crippen molar-refractivity contribution in [1.29, 1.82) is 0 Å². The monoisotopic (exact) mass is 151 g/mol. The Morgan fingerprint density at radius 3 is 2.91 bits per heavy atom. The normalized spacial score (nSPS) is 28.3. The van der Waals surface area contributed by atoms with Crippen LogP contribution in [0.25, 0.3) is 0 Å². The lowest BCUT2D eigenvalue weighted by Crippen LogP contribution is -2.26. The summed E-state index contributed by atoms with van der Waals surface area (Å²) in [5, 5.41) is 0. The van der Waals surface area contributed by atoms with E-state index < -0.39 is 0 Å². The number of rotatable bonds is 2. The van der Waals surface area contributed by atoms with E-state index >= 15 is 0 Å². The van der Waals surface area contributed by atoms with Gasteiger partial charge >= 0.3 is 0 Å². The molecular formula is C10H17N. The van der Waals surface area contributed by atoms with Gasteiger partial charge in [-0.05, 0) is 32.9 Å². The Bertz CT molecular complexity index is 157. The van der Waals surface area contributed by atoms with Crippen LogP contribution in [0.3, 0.4) is 0 Å². The fourth-order valence-electron chi connectivity index (χ4n) is 1.75. The summed E-state index contributed by atoms with van der Waals surface area (Å²) in [6.07, 6.45) is 9.18. The lowest BCUT2D eigenvalue weighted by Gasteiger charge is -2.20. The molecule has 11 heavy (non-hydrogen) atoms. The van der Waals surface area contributed by atoms with Gasteiger partial charge in [0.25, 0.3) is 0 Å². The summed E-state index contributed by atoms with van der Waals surface area (Å²) in [6.45, 7) is 3.38. The SMILES string of the molecule is C#CC(C)CC1CCCN1C. The molecule has 0 aromatic heterocycles. The minimum atomic E-state index is 0.445. The zero-order valence-electron chi connectivity index (χ0n) is 7.51. The van der Waals surface area contributed by atoms with Crippen molar-refractivity contribution in [2.45, 2.75) is 32.2 Å². The summed E-state index contributed by atoms with van der Waals surface area (Å²) >= 11 is 0. The Kier molecular flexibility index (Phi) is 2.96. The molecule has 2 atom stereocenters. The van der Waals surface area contributed by atoms with Crippen LogP contribution in [0.15, 0.2) is 0 Å². The highest BCUT2D eigenvalue weighted by molar-refractivity contribution is 4.93. The summed E-state index contributed by atoms with van der Waals surface area (Å²) in [7, 11) is 2.20. The molecule has 1 aliphatic heterocycles. The van der Waals surface area contributed by atoms with Crippen LogP contribution in [-0.2, 0) is 0 Å². The molecule has 0 bridgehead atoms. The molecule has 0 spiro atoms. The first-order chi connectivity index (χ1) is 5.24. The van der Waals surface area contributed by atoms with E-state index in [4.69, 9.17) is 6.42 Å². The Balaban J connectivity index is 2.32. The van der Waals surface area contributed by atoms with E-state index in [-0.39, 0.29) is 0 Å². The fraction of sp³-hybridized carbons (Fsp3) is 0.800. The minimum Gasteiger partial charge on any atom is -0.303 e. The third kappa shape index (κ3) is 2.24. The molecule has 1 rings (SSSR count). The molecule has 1 heteroatoms. The summed E-state index contributed by atoms with van der Waals surface area (Å²) in [4.78, 5) is 2.42. The first kappa shape index (κ1) is 8.62. The zero-order valence-corrected chi connectivity index (χ0v) is 7.51. The average molecular weight is 151 g/mol. The van der Waals surface area contributed by atoms with Crippen molar-refractivity contribution < 1.29 is 0 Å². The largest absolute Gasteiger partial charge is 0.303 e. The fourth-order valence-corrected chi connectivity index (χ4v) is 1.75. The molecule has 0 radical (unpaired) electrons. The first-order valence-electron chi connectivity index (χ1n) is 4.40. The number of hydrogen-bond donors (Lipinski definition) is 0. The van der Waals surface area contributed by atoms with Crippen molar-refractivity contribution in [3.63, 3.8) is 0 Å². The van der Waals surface area contributed by atoms with Crippen LogP contribution in [0.2, 0.25) is 0 Å². The van der Waals surface area contributed by atoms with Crippen LogP contribution >= 0.6 is 0 Å². The standard InChI is InChI=1S/C10H17N/c1-4-9(2)8-10-6-5-7-11(10)3/h1,9-10H,5-8H2,2-3H3. The number of nitrogens with zero attached hydrogens (tertiary/aromatic N) is 1. The van der Waals surface area contributed by atoms with Gasteiger partial charge < -0.3 is 4.90 Å². The van der Waals surface area contributed by atoms with E-state index in [1.54, 1.807) is 0 Å². The van der Waals surface area contributed by atoms with Crippen molar-refractivity contribution in [1.82, 2.24) is 4.90 Å². The van der Waals surface area contributed by atoms with Crippen LogP contribution in [0.1, 0.15) is 26.2 Å². The molecule has 2 unspecified atom stereocenters. The molecule has 1 saturated heterocycles. The predicted molar refractivity (Wildman–Crippen MR) is 48.3 cm³/mol. The van der Waals surface area contributed by atoms with Crippen LogP contribution in [0.5, 0.6) is 0 Å². The third-order valence-corrected chi connectivity index (χ3v) is 2.58. The van der Waals surface area contributed by atoms with Crippen molar-refractivity contribution in [2.24, 2.45) is 5.92 Å². The number of likely N-dealkylation sites (tertiary alicyclic amines) is 1. The quantitative estimate of drug-likeness (QED) is 0.543. The predicted octanol–water partition coefficient (Wildman–Crippen LogP) is 1.74. The summed E-state index contributed by atoms with van der Waals surface area (Å²) < 4.78 is 0. The lowest BCUT2D eigenvalue weighted by molar-refractivity contribution is 0.282. The van der Waals surface area contributed by atoms with E-state index in [9.17, 15) is 0 Å². The molecule has 0 amide bonds. The van der Waals surface area contributed by atoms with E-state index in [2.05, 4.69) is 24.8 Å². The van der Waals surface area contributed by atoms with Gasteiger partial charge in [-0.25, -0.2) is 0 Å². The minimum absolute atomic E-state index is 0.445. The van der Waals surface area contributed by atoms with Gasteiger partial charge in [0, 0.05) is 12.0 Å². The Morgan fingerprint density at radius 1 is 1.73 bits per heavy atom. The van der Waals surface area contributed by atoms with Gasteiger partial charge in [0.15, 0.2) is 0 Å². The molecule has 0 saturated carbocycles. The second-order valence-electron chi connectivity index (χ2n) is 3.58. The first-order valence-corrected chi connectivity index (χ1v) is 4.40. The van der Waals surface area contributed by atoms with Crippen LogP contribution in [-0.4, -0.2) is 24.5 Å². The van der Waals surface area contributed by atoms with E-state index in [0.29, 0.717) is 5.92 Å². The Hall–Kier alpha value is -0.480. The molecular weight excluding hydrogens is 134 g/mol. The third-order valence-electron chi connectivity index (χ3n) is 2.58. The van der Waals surface area contributed by atoms with Gasteiger partial charge in [-0.2, -0.15) is 0 Å². The summed E-state index contributed by atoms with van der Waals surface area (Å²) in [5.74, 6) is 3.23. The second-order valence-corrected chi connectivity index (χ2v) is 3.58. The maximum atomic E-state index is 5.33. The highest BCUT2D eigenvalue weighted by atomic mass is 15.1. The van der Waals surface area contributed by atoms with Crippen molar-refractivity contribution >= 4 is 0 Å². The van der Waals surface area contributed by atoms with Crippen molar-refractivity contribution in [2.75, 3.05) is 13.6 Å². The van der Waals surface area contributed by atoms with E-state index in [1.807, 2.05) is 0 Å². The molecule has 1 fully saturated rings. The molecule has 0 N–H and O–H groups in total. The smallest absolute Gasteiger partial charge is 0.0186 e. The summed E-state index contributed by atoms with van der Waals surface area (Å²) in [5.41, 5.74) is 0. The lowest BCUT2D eigenvalue weighted by atomic mass is 10.0. The van der Waals surface area contributed by atoms with Gasteiger partial charge in [-0.15, -0.1) is 12.3 Å². The maximum absolute atomic E-state index is 5.33. The molecule has 1 nitrogen and oxygen atoms in total. The van der Waals surface area contributed by atoms with Gasteiger partial charge in [0.1, 0.15) is 0 Å². The van der Waals surface area contributed by atoms with Gasteiger partial charge in [0.05, 0.1) is 0 Å². The van der Waals surface area contributed by atoms with Crippen molar-refractivity contribution in [3.05, 3.63) is 0 Å². The van der Waals surface area contributed by atoms with Gasteiger partial charge in [0.2, 0.25) is 0 Å². The van der Waals surface area contributed by atoms with E-state index in [1.165, 1.54) is 25.8 Å². The van der Waals surface area contributed by atoms with Crippen molar-refractivity contribution in [3.8, 4) is 12.3 Å². The van der Waals surface area contributed by atoms with Crippen LogP contribution in [0.4, 0.5) is 0 Å². The molecule has 1 heterocycles. The Labute approximate surface area is 69.8 Å². The molecule has 0 aliphatic carbocycles. The molecule has 0 aromatic carbocycles.